The van der Waals surface area contributed by atoms with Crippen LogP contribution in [0.2, 0.25) is 0 Å². The van der Waals surface area contributed by atoms with Crippen molar-refractivity contribution in [2.45, 2.75) is 38.5 Å². The molecule has 0 atom stereocenters. The number of hydrogen-bond acceptors (Lipinski definition) is 3. The Labute approximate surface area is 149 Å². The zero-order valence-electron chi connectivity index (χ0n) is 14.4. The fourth-order valence-corrected chi connectivity index (χ4v) is 4.11. The molecule has 2 aromatic rings. The summed E-state index contributed by atoms with van der Waals surface area (Å²) >= 11 is 0. The number of quaternary nitrogens is 1. The zero-order chi connectivity index (χ0) is 15.9. The first-order valence-corrected chi connectivity index (χ1v) is 8.92. The average Bonchev–Trinajstić information content (AvgIpc) is 3.13. The Kier molecular flexibility index (Phi) is 4.92. The highest BCUT2D eigenvalue weighted by atomic mass is 35.5. The van der Waals surface area contributed by atoms with Gasteiger partial charge in [0.05, 0.1) is 25.7 Å². The maximum absolute atomic E-state index is 6.27. The van der Waals surface area contributed by atoms with E-state index in [4.69, 9.17) is 10.5 Å². The van der Waals surface area contributed by atoms with Crippen LogP contribution in [0.4, 0.5) is 5.69 Å². The van der Waals surface area contributed by atoms with Gasteiger partial charge < -0.3 is 27.4 Å². The molecule has 24 heavy (non-hydrogen) atoms. The van der Waals surface area contributed by atoms with Gasteiger partial charge in [0.15, 0.2) is 0 Å². The van der Waals surface area contributed by atoms with Crippen LogP contribution in [0.1, 0.15) is 36.9 Å². The molecule has 132 valence electrons. The van der Waals surface area contributed by atoms with Crippen LogP contribution < -0.4 is 22.9 Å². The standard InChI is InChI=1S/C18H27N4O.ClH/c1-22(10-3-2-4-11-22)12-13-23-18-17(19)16-9-8-14-6-5-7-15(14)21(16)20-18;/h8-9H,2-7,10-13,19H2,1H3;1H/q+1;/p-1. The van der Waals surface area contributed by atoms with Gasteiger partial charge in [-0.25, -0.2) is 4.52 Å². The molecule has 4 rings (SSSR count). The number of pyridine rings is 1. The van der Waals surface area contributed by atoms with E-state index in [-0.39, 0.29) is 12.4 Å². The monoisotopic (exact) mass is 350 g/mol. The summed E-state index contributed by atoms with van der Waals surface area (Å²) in [6.07, 6.45) is 7.48. The molecular formula is C18H27ClN4O. The van der Waals surface area contributed by atoms with Gasteiger partial charge in [0.1, 0.15) is 18.8 Å². The van der Waals surface area contributed by atoms with Crippen molar-refractivity contribution in [2.75, 3.05) is 39.0 Å². The molecular weight excluding hydrogens is 324 g/mol. The Morgan fingerprint density at radius 2 is 1.96 bits per heavy atom. The van der Waals surface area contributed by atoms with Gasteiger partial charge in [-0.1, -0.05) is 6.07 Å². The average molecular weight is 351 g/mol. The van der Waals surface area contributed by atoms with Crippen LogP contribution in [-0.4, -0.2) is 47.4 Å². The van der Waals surface area contributed by atoms with Crippen LogP contribution >= 0.6 is 0 Å². The minimum absolute atomic E-state index is 0. The van der Waals surface area contributed by atoms with Gasteiger partial charge in [-0.05, 0) is 50.2 Å². The van der Waals surface area contributed by atoms with Gasteiger partial charge in [-0.15, -0.1) is 5.10 Å². The van der Waals surface area contributed by atoms with Crippen molar-refractivity contribution >= 4 is 11.2 Å². The first-order valence-electron chi connectivity index (χ1n) is 8.92. The molecule has 0 spiro atoms. The summed E-state index contributed by atoms with van der Waals surface area (Å²) in [6.45, 7) is 4.24. The molecule has 1 fully saturated rings. The third kappa shape index (κ3) is 3.07. The van der Waals surface area contributed by atoms with Crippen molar-refractivity contribution in [3.05, 3.63) is 23.4 Å². The Bertz CT molecular complexity index is 721. The van der Waals surface area contributed by atoms with Crippen LogP contribution in [0, 0.1) is 0 Å². The van der Waals surface area contributed by atoms with E-state index in [1.54, 1.807) is 0 Å². The molecule has 0 amide bonds. The number of hydrogen-bond donors (Lipinski definition) is 1. The van der Waals surface area contributed by atoms with Gasteiger partial charge in [0, 0.05) is 5.69 Å². The highest BCUT2D eigenvalue weighted by Crippen LogP contribution is 2.30. The number of ether oxygens (including phenoxy) is 1. The van der Waals surface area contributed by atoms with E-state index in [2.05, 4.69) is 24.3 Å². The molecule has 1 saturated heterocycles. The molecule has 2 aromatic heterocycles. The van der Waals surface area contributed by atoms with E-state index < -0.39 is 0 Å². The first-order chi connectivity index (χ1) is 11.2. The molecule has 3 heterocycles. The summed E-state index contributed by atoms with van der Waals surface area (Å²) in [4.78, 5) is 0. The highest BCUT2D eigenvalue weighted by molar-refractivity contribution is 5.75. The maximum Gasteiger partial charge on any atom is 0.257 e. The number of halogens is 1. The third-order valence-corrected chi connectivity index (χ3v) is 5.62. The fourth-order valence-electron chi connectivity index (χ4n) is 4.11. The number of aromatic nitrogens is 2. The number of nitrogens with two attached hydrogens (primary N) is 1. The second-order valence-corrected chi connectivity index (χ2v) is 7.37. The molecule has 0 radical (unpaired) electrons. The molecule has 5 nitrogen and oxygen atoms in total. The molecule has 6 heteroatoms. The number of anilines is 1. The number of likely N-dealkylation sites (tertiary alicyclic amines) is 1. The van der Waals surface area contributed by atoms with Crippen LogP contribution in [0.25, 0.3) is 5.52 Å². The molecule has 1 aliphatic carbocycles. The summed E-state index contributed by atoms with van der Waals surface area (Å²) in [6, 6.07) is 4.28. The lowest BCUT2D eigenvalue weighted by Crippen LogP contribution is -3.00. The number of rotatable bonds is 4. The Hall–Kier alpha value is -1.46. The second-order valence-electron chi connectivity index (χ2n) is 7.37. The largest absolute Gasteiger partial charge is 1.00 e. The topological polar surface area (TPSA) is 52.5 Å². The maximum atomic E-state index is 6.27. The van der Waals surface area contributed by atoms with Gasteiger partial charge in [0.2, 0.25) is 0 Å². The normalized spacial score (nSPS) is 19.0. The lowest BCUT2D eigenvalue weighted by Gasteiger charge is -2.37. The smallest absolute Gasteiger partial charge is 0.257 e. The number of nitrogens with zero attached hydrogens (tertiary/aromatic N) is 3. The van der Waals surface area contributed by atoms with Crippen molar-refractivity contribution in [1.82, 2.24) is 9.61 Å². The summed E-state index contributed by atoms with van der Waals surface area (Å²) in [7, 11) is 2.34. The zero-order valence-corrected chi connectivity index (χ0v) is 15.2. The van der Waals surface area contributed by atoms with Crippen LogP contribution in [0.3, 0.4) is 0 Å². The molecule has 0 unspecified atom stereocenters. The number of piperidine rings is 1. The molecule has 2 aliphatic rings. The van der Waals surface area contributed by atoms with Crippen molar-refractivity contribution in [1.29, 1.82) is 0 Å². The minimum atomic E-state index is 0. The summed E-state index contributed by atoms with van der Waals surface area (Å²) in [5, 5.41) is 4.65. The van der Waals surface area contributed by atoms with Crippen LogP contribution in [0.5, 0.6) is 5.88 Å². The lowest BCUT2D eigenvalue weighted by atomic mass is 10.1. The minimum Gasteiger partial charge on any atom is -1.00 e. The van der Waals surface area contributed by atoms with Crippen LogP contribution in [-0.2, 0) is 12.8 Å². The van der Waals surface area contributed by atoms with Gasteiger partial charge >= 0.3 is 0 Å². The van der Waals surface area contributed by atoms with Gasteiger partial charge in [-0.3, -0.25) is 0 Å². The van der Waals surface area contributed by atoms with Crippen LogP contribution in [0.15, 0.2) is 12.1 Å². The third-order valence-electron chi connectivity index (χ3n) is 5.62. The molecule has 1 aliphatic heterocycles. The van der Waals surface area contributed by atoms with E-state index >= 15 is 0 Å². The molecule has 2 N–H and O–H groups in total. The number of likely N-dealkylation sites (N-methyl/N-ethyl adjacent to an activating group) is 1. The highest BCUT2D eigenvalue weighted by Gasteiger charge is 2.25. The molecule has 0 bridgehead atoms. The molecule has 0 saturated carbocycles. The van der Waals surface area contributed by atoms with E-state index in [1.807, 2.05) is 4.52 Å². The van der Waals surface area contributed by atoms with E-state index in [1.165, 1.54) is 50.0 Å². The number of aryl methyl sites for hydroxylation is 2. The SMILES string of the molecule is C[N+]1(CCOc2nn3c4c(ccc3c2N)CCC4)CCCCC1.[Cl-]. The van der Waals surface area contributed by atoms with Crippen molar-refractivity contribution < 1.29 is 21.6 Å². The van der Waals surface area contributed by atoms with Crippen molar-refractivity contribution in [3.8, 4) is 5.88 Å². The van der Waals surface area contributed by atoms with E-state index in [9.17, 15) is 0 Å². The fraction of sp³-hybridized carbons (Fsp3) is 0.611. The van der Waals surface area contributed by atoms with Crippen molar-refractivity contribution in [3.63, 3.8) is 0 Å². The Morgan fingerprint density at radius 1 is 1.17 bits per heavy atom. The Balaban J connectivity index is 0.00000169. The summed E-state index contributed by atoms with van der Waals surface area (Å²) in [5.41, 5.74) is 10.6. The van der Waals surface area contributed by atoms with Gasteiger partial charge in [0.25, 0.3) is 5.88 Å². The number of fused-ring (bicyclic) bond motifs is 3. The van der Waals surface area contributed by atoms with Crippen molar-refractivity contribution in [2.24, 2.45) is 0 Å². The van der Waals surface area contributed by atoms with E-state index in [0.717, 1.165) is 29.4 Å². The summed E-state index contributed by atoms with van der Waals surface area (Å²) in [5.74, 6) is 0.605. The first kappa shape index (κ1) is 17.4. The van der Waals surface area contributed by atoms with E-state index in [0.29, 0.717) is 18.2 Å². The Morgan fingerprint density at radius 3 is 2.75 bits per heavy atom. The second kappa shape index (κ2) is 6.81. The number of nitrogen functional groups attached to an aromatic ring is 1. The molecule has 0 aromatic carbocycles. The predicted octanol–water partition coefficient (Wildman–Crippen LogP) is -0.581. The lowest BCUT2D eigenvalue weighted by molar-refractivity contribution is -0.914. The quantitative estimate of drug-likeness (QED) is 0.751. The predicted molar refractivity (Wildman–Crippen MR) is 91.8 cm³/mol. The van der Waals surface area contributed by atoms with Gasteiger partial charge in [-0.2, -0.15) is 0 Å². The summed E-state index contributed by atoms with van der Waals surface area (Å²) < 4.78 is 9.09.